The first-order valence-electron chi connectivity index (χ1n) is 10.0. The fraction of sp³-hybridized carbons (Fsp3) is 0.550. The first-order valence-corrected chi connectivity index (χ1v) is 10.0. The van der Waals surface area contributed by atoms with E-state index in [1.54, 1.807) is 24.0 Å². The molecule has 0 aliphatic carbocycles. The maximum absolute atomic E-state index is 13.0. The molecule has 28 heavy (non-hydrogen) atoms. The molecule has 8 heteroatoms. The van der Waals surface area contributed by atoms with Crippen molar-refractivity contribution >= 4 is 11.6 Å². The largest absolute Gasteiger partial charge is 0.338 e. The Morgan fingerprint density at radius 1 is 1.18 bits per heavy atom. The minimum absolute atomic E-state index is 0.0119. The molecule has 1 aromatic carbocycles. The van der Waals surface area contributed by atoms with Crippen molar-refractivity contribution in [2.45, 2.75) is 57.9 Å². The highest BCUT2D eigenvalue weighted by atomic mass is 16.6. The summed E-state index contributed by atoms with van der Waals surface area (Å²) >= 11 is 0. The topological polar surface area (TPSA) is 94.2 Å². The molecule has 148 valence electrons. The number of nitrogens with zero attached hydrogens (tertiary/aromatic N) is 5. The molecule has 1 amide bonds. The normalized spacial score (nSPS) is 19.8. The molecule has 0 N–H and O–H groups in total. The highest BCUT2D eigenvalue weighted by Crippen LogP contribution is 2.29. The van der Waals surface area contributed by atoms with Crippen molar-refractivity contribution < 1.29 is 9.72 Å². The Kier molecular flexibility index (Phi) is 5.11. The minimum atomic E-state index is -0.434. The molecule has 0 bridgehead atoms. The highest BCUT2D eigenvalue weighted by molar-refractivity contribution is 5.95. The number of amides is 1. The number of nitro benzene ring substituents is 1. The number of hydrogen-bond donors (Lipinski definition) is 0. The van der Waals surface area contributed by atoms with Crippen LogP contribution in [0.4, 0.5) is 5.69 Å². The summed E-state index contributed by atoms with van der Waals surface area (Å²) in [5.74, 6) is 2.07. The fourth-order valence-corrected chi connectivity index (χ4v) is 4.30. The smallest absolute Gasteiger partial charge is 0.273 e. The molecular formula is C20H25N5O3. The Bertz CT molecular complexity index is 907. The Hall–Kier alpha value is -2.77. The minimum Gasteiger partial charge on any atom is -0.338 e. The second-order valence-corrected chi connectivity index (χ2v) is 7.79. The number of fused-ring (bicyclic) bond motifs is 1. The van der Waals surface area contributed by atoms with Crippen molar-refractivity contribution in [1.29, 1.82) is 0 Å². The zero-order valence-corrected chi connectivity index (χ0v) is 16.1. The van der Waals surface area contributed by atoms with Crippen molar-refractivity contribution in [2.75, 3.05) is 13.1 Å². The molecule has 3 heterocycles. The van der Waals surface area contributed by atoms with Crippen LogP contribution in [-0.2, 0) is 13.0 Å². The van der Waals surface area contributed by atoms with Gasteiger partial charge in [0.05, 0.1) is 4.92 Å². The van der Waals surface area contributed by atoms with Crippen LogP contribution in [0.1, 0.15) is 65.6 Å². The summed E-state index contributed by atoms with van der Waals surface area (Å²) in [5.41, 5.74) is 0.921. The number of nitro groups is 1. The molecule has 2 aliphatic rings. The van der Waals surface area contributed by atoms with E-state index in [1.807, 2.05) is 0 Å². The molecule has 0 spiro atoms. The van der Waals surface area contributed by atoms with Crippen molar-refractivity contribution in [3.8, 4) is 0 Å². The van der Waals surface area contributed by atoms with E-state index >= 15 is 0 Å². The number of aromatic nitrogens is 3. The van der Waals surface area contributed by atoms with Crippen LogP contribution in [0.2, 0.25) is 0 Å². The Morgan fingerprint density at radius 2 is 2.04 bits per heavy atom. The SMILES string of the molecule is Cc1ccc(C(=O)N2CCCC(c3nnc4n3CCCCC4)C2)cc1[N+](=O)[O-]. The van der Waals surface area contributed by atoms with E-state index in [2.05, 4.69) is 14.8 Å². The lowest BCUT2D eigenvalue weighted by molar-refractivity contribution is -0.385. The summed E-state index contributed by atoms with van der Waals surface area (Å²) in [7, 11) is 0. The first-order chi connectivity index (χ1) is 13.5. The summed E-state index contributed by atoms with van der Waals surface area (Å²) in [4.78, 5) is 25.6. The van der Waals surface area contributed by atoms with Crippen LogP contribution in [0.15, 0.2) is 18.2 Å². The first kappa shape index (κ1) is 18.6. The zero-order chi connectivity index (χ0) is 19.7. The predicted molar refractivity (Wildman–Crippen MR) is 103 cm³/mol. The second kappa shape index (κ2) is 7.69. The molecule has 1 aromatic heterocycles. The van der Waals surface area contributed by atoms with Crippen LogP contribution in [0.5, 0.6) is 0 Å². The van der Waals surface area contributed by atoms with Crippen LogP contribution in [0.3, 0.4) is 0 Å². The molecule has 1 fully saturated rings. The summed E-state index contributed by atoms with van der Waals surface area (Å²) in [6, 6.07) is 4.72. The molecule has 1 atom stereocenters. The van der Waals surface area contributed by atoms with E-state index in [4.69, 9.17) is 0 Å². The van der Waals surface area contributed by atoms with Gasteiger partial charge in [0.2, 0.25) is 0 Å². The van der Waals surface area contributed by atoms with Crippen molar-refractivity contribution in [1.82, 2.24) is 19.7 Å². The van der Waals surface area contributed by atoms with E-state index in [9.17, 15) is 14.9 Å². The standard InChI is InChI=1S/C20H25N5O3/c1-14-8-9-15(12-17(14)25(27)28)20(26)23-10-5-6-16(13-23)19-22-21-18-7-3-2-4-11-24(18)19/h8-9,12,16H,2-7,10-11,13H2,1H3. The second-order valence-electron chi connectivity index (χ2n) is 7.79. The number of carbonyl (C=O) groups excluding carboxylic acids is 1. The summed E-state index contributed by atoms with van der Waals surface area (Å²) in [6.45, 7) is 3.88. The number of aryl methyl sites for hydroxylation is 2. The van der Waals surface area contributed by atoms with Crippen LogP contribution in [0.25, 0.3) is 0 Å². The van der Waals surface area contributed by atoms with E-state index in [0.29, 0.717) is 24.2 Å². The lowest BCUT2D eigenvalue weighted by Gasteiger charge is -2.32. The lowest BCUT2D eigenvalue weighted by atomic mass is 9.96. The summed E-state index contributed by atoms with van der Waals surface area (Å²) in [6.07, 6.45) is 6.35. The third-order valence-electron chi connectivity index (χ3n) is 5.86. The van der Waals surface area contributed by atoms with Gasteiger partial charge in [-0.2, -0.15) is 0 Å². The van der Waals surface area contributed by atoms with Crippen LogP contribution < -0.4 is 0 Å². The van der Waals surface area contributed by atoms with Crippen LogP contribution in [-0.4, -0.2) is 43.6 Å². The molecule has 2 aliphatic heterocycles. The third-order valence-corrected chi connectivity index (χ3v) is 5.86. The van der Waals surface area contributed by atoms with E-state index in [-0.39, 0.29) is 17.5 Å². The monoisotopic (exact) mass is 383 g/mol. The van der Waals surface area contributed by atoms with Crippen molar-refractivity contribution in [3.63, 3.8) is 0 Å². The molecule has 0 radical (unpaired) electrons. The maximum atomic E-state index is 13.0. The molecule has 1 saturated heterocycles. The average molecular weight is 383 g/mol. The average Bonchev–Trinajstić information content (AvgIpc) is 2.96. The van der Waals surface area contributed by atoms with Crippen LogP contribution in [0, 0.1) is 17.0 Å². The zero-order valence-electron chi connectivity index (χ0n) is 16.1. The maximum Gasteiger partial charge on any atom is 0.273 e. The van der Waals surface area contributed by atoms with Gasteiger partial charge in [0.15, 0.2) is 0 Å². The van der Waals surface area contributed by atoms with Gasteiger partial charge >= 0.3 is 0 Å². The molecule has 4 rings (SSSR count). The quantitative estimate of drug-likeness (QED) is 0.599. The van der Waals surface area contributed by atoms with Crippen molar-refractivity contribution in [3.05, 3.63) is 51.1 Å². The van der Waals surface area contributed by atoms with Gasteiger partial charge in [-0.25, -0.2) is 0 Å². The molecule has 1 unspecified atom stereocenters. The third kappa shape index (κ3) is 3.50. The van der Waals surface area contributed by atoms with Gasteiger partial charge in [-0.05, 0) is 38.7 Å². The number of likely N-dealkylation sites (tertiary alicyclic amines) is 1. The predicted octanol–water partition coefficient (Wildman–Crippen LogP) is 3.24. The number of benzene rings is 1. The summed E-state index contributed by atoms with van der Waals surface area (Å²) in [5, 5.41) is 20.1. The van der Waals surface area contributed by atoms with Gasteiger partial charge in [-0.3, -0.25) is 14.9 Å². The number of hydrogen-bond acceptors (Lipinski definition) is 5. The molecular weight excluding hydrogens is 358 g/mol. The van der Waals surface area contributed by atoms with E-state index in [0.717, 1.165) is 50.3 Å². The lowest BCUT2D eigenvalue weighted by Crippen LogP contribution is -2.39. The Morgan fingerprint density at radius 3 is 2.86 bits per heavy atom. The Labute approximate surface area is 163 Å². The van der Waals surface area contributed by atoms with Crippen molar-refractivity contribution in [2.24, 2.45) is 0 Å². The van der Waals surface area contributed by atoms with Gasteiger partial charge < -0.3 is 9.47 Å². The van der Waals surface area contributed by atoms with Gasteiger partial charge in [0.25, 0.3) is 11.6 Å². The Balaban J connectivity index is 1.54. The molecule has 0 saturated carbocycles. The number of piperidine rings is 1. The fourth-order valence-electron chi connectivity index (χ4n) is 4.30. The number of carbonyl (C=O) groups is 1. The summed E-state index contributed by atoms with van der Waals surface area (Å²) < 4.78 is 2.25. The van der Waals surface area contributed by atoms with Crippen LogP contribution >= 0.6 is 0 Å². The van der Waals surface area contributed by atoms with Gasteiger partial charge in [0, 0.05) is 49.2 Å². The highest BCUT2D eigenvalue weighted by Gasteiger charge is 2.30. The molecule has 2 aromatic rings. The number of rotatable bonds is 3. The van der Waals surface area contributed by atoms with E-state index in [1.165, 1.54) is 12.5 Å². The van der Waals surface area contributed by atoms with Gasteiger partial charge in [-0.15, -0.1) is 10.2 Å². The van der Waals surface area contributed by atoms with E-state index < -0.39 is 4.92 Å². The van der Waals surface area contributed by atoms with Gasteiger partial charge in [-0.1, -0.05) is 12.5 Å². The van der Waals surface area contributed by atoms with Gasteiger partial charge in [0.1, 0.15) is 11.6 Å². The molecule has 8 nitrogen and oxygen atoms in total.